The summed E-state index contributed by atoms with van der Waals surface area (Å²) >= 11 is 0. The van der Waals surface area contributed by atoms with Crippen LogP contribution in [0.4, 0.5) is 17.6 Å². The molecule has 1 aromatic carbocycles. The molecular formula is C18H21F4N3O3S. The molecule has 11 heteroatoms. The van der Waals surface area contributed by atoms with E-state index >= 15 is 0 Å². The molecule has 160 valence electrons. The van der Waals surface area contributed by atoms with Crippen LogP contribution >= 0.6 is 0 Å². The lowest BCUT2D eigenvalue weighted by atomic mass is 10.1. The molecule has 0 bridgehead atoms. The van der Waals surface area contributed by atoms with Crippen molar-refractivity contribution < 1.29 is 30.7 Å². The standard InChI is InChI=1S/C18H21F4N3O3S/c1-12(28-16-8-7-15(19)11-24-16)9-23-10-13-3-5-14(6-4-13)17(18(20,21)22)25-29(2,26)27/h3-8,11-12,17,23,25H,9-10H2,1-2H3/t12-,17+/m1/s1. The minimum Gasteiger partial charge on any atom is -0.473 e. The molecule has 0 saturated carbocycles. The normalized spacial score (nSPS) is 14.4. The molecular weight excluding hydrogens is 414 g/mol. The first-order valence-corrected chi connectivity index (χ1v) is 10.4. The molecule has 0 radical (unpaired) electrons. The van der Waals surface area contributed by atoms with Crippen LogP contribution in [0.25, 0.3) is 0 Å². The van der Waals surface area contributed by atoms with E-state index in [9.17, 15) is 26.0 Å². The third-order valence-corrected chi connectivity index (χ3v) is 4.42. The van der Waals surface area contributed by atoms with E-state index in [1.54, 1.807) is 11.6 Å². The van der Waals surface area contributed by atoms with E-state index in [-0.39, 0.29) is 17.5 Å². The molecule has 2 rings (SSSR count). The summed E-state index contributed by atoms with van der Waals surface area (Å²) in [5.41, 5.74) is 0.506. The predicted molar refractivity (Wildman–Crippen MR) is 99.2 cm³/mol. The molecule has 0 spiro atoms. The number of aromatic nitrogens is 1. The fraction of sp³-hybridized carbons (Fsp3) is 0.389. The summed E-state index contributed by atoms with van der Waals surface area (Å²) < 4.78 is 81.8. The molecule has 0 aliphatic carbocycles. The number of ether oxygens (including phenoxy) is 1. The number of halogens is 4. The maximum absolute atomic E-state index is 13.2. The molecule has 1 heterocycles. The van der Waals surface area contributed by atoms with Crippen molar-refractivity contribution in [3.05, 3.63) is 59.5 Å². The molecule has 0 aliphatic rings. The number of hydrogen-bond acceptors (Lipinski definition) is 5. The maximum Gasteiger partial charge on any atom is 0.408 e. The average Bonchev–Trinajstić information content (AvgIpc) is 2.61. The smallest absolute Gasteiger partial charge is 0.408 e. The Morgan fingerprint density at radius 1 is 1.14 bits per heavy atom. The molecule has 1 aromatic heterocycles. The molecule has 0 unspecified atom stereocenters. The Morgan fingerprint density at radius 3 is 2.31 bits per heavy atom. The van der Waals surface area contributed by atoms with E-state index in [4.69, 9.17) is 4.74 Å². The fourth-order valence-electron chi connectivity index (χ4n) is 2.47. The van der Waals surface area contributed by atoms with Gasteiger partial charge < -0.3 is 10.1 Å². The van der Waals surface area contributed by atoms with Crippen LogP contribution in [0.2, 0.25) is 0 Å². The average molecular weight is 435 g/mol. The van der Waals surface area contributed by atoms with Crippen molar-refractivity contribution >= 4 is 10.0 Å². The number of hydrogen-bond donors (Lipinski definition) is 2. The van der Waals surface area contributed by atoms with Crippen molar-refractivity contribution in [2.24, 2.45) is 0 Å². The van der Waals surface area contributed by atoms with E-state index in [0.29, 0.717) is 24.9 Å². The Kier molecular flexibility index (Phi) is 7.55. The van der Waals surface area contributed by atoms with Gasteiger partial charge in [0.05, 0.1) is 12.5 Å². The van der Waals surface area contributed by atoms with Crippen LogP contribution in [0.15, 0.2) is 42.6 Å². The summed E-state index contributed by atoms with van der Waals surface area (Å²) in [6, 6.07) is 5.76. The highest BCUT2D eigenvalue weighted by Crippen LogP contribution is 2.33. The molecule has 2 atom stereocenters. The quantitative estimate of drug-likeness (QED) is 0.592. The van der Waals surface area contributed by atoms with Crippen LogP contribution in [-0.4, -0.2) is 38.5 Å². The number of alkyl halides is 3. The molecule has 6 nitrogen and oxygen atoms in total. The second kappa shape index (κ2) is 9.51. The Bertz CT molecular complexity index is 888. The van der Waals surface area contributed by atoms with Gasteiger partial charge in [0, 0.05) is 19.2 Å². The Hall–Kier alpha value is -2.24. The number of pyridine rings is 1. The van der Waals surface area contributed by atoms with Crippen molar-refractivity contribution in [2.45, 2.75) is 31.8 Å². The predicted octanol–water partition coefficient (Wildman–Crippen LogP) is 2.93. The third-order valence-electron chi connectivity index (χ3n) is 3.76. The monoisotopic (exact) mass is 435 g/mol. The molecule has 0 fully saturated rings. The molecule has 0 aliphatic heterocycles. The molecule has 2 aromatic rings. The first-order valence-electron chi connectivity index (χ1n) is 8.56. The lowest BCUT2D eigenvalue weighted by Crippen LogP contribution is -2.37. The molecule has 0 saturated heterocycles. The van der Waals surface area contributed by atoms with E-state index in [1.807, 2.05) is 0 Å². The first kappa shape index (κ1) is 23.0. The highest BCUT2D eigenvalue weighted by atomic mass is 32.2. The number of benzene rings is 1. The highest BCUT2D eigenvalue weighted by molar-refractivity contribution is 7.88. The second-order valence-corrected chi connectivity index (χ2v) is 8.26. The van der Waals surface area contributed by atoms with E-state index < -0.39 is 28.1 Å². The van der Waals surface area contributed by atoms with Crippen LogP contribution in [-0.2, 0) is 16.6 Å². The first-order chi connectivity index (χ1) is 13.4. The van der Waals surface area contributed by atoms with Gasteiger partial charge >= 0.3 is 6.18 Å². The van der Waals surface area contributed by atoms with Gasteiger partial charge in [-0.2, -0.15) is 17.9 Å². The lowest BCUT2D eigenvalue weighted by molar-refractivity contribution is -0.153. The van der Waals surface area contributed by atoms with Gasteiger partial charge in [-0.1, -0.05) is 24.3 Å². The SMILES string of the molecule is C[C@H](CNCc1ccc([C@H](NS(C)(=O)=O)C(F)(F)F)cc1)Oc1ccc(F)cn1. The van der Waals surface area contributed by atoms with Gasteiger partial charge in [0.25, 0.3) is 0 Å². The summed E-state index contributed by atoms with van der Waals surface area (Å²) in [5.74, 6) is -0.187. The van der Waals surface area contributed by atoms with Crippen LogP contribution in [0.5, 0.6) is 5.88 Å². The summed E-state index contributed by atoms with van der Waals surface area (Å²) in [6.07, 6.45) is -3.32. The van der Waals surface area contributed by atoms with Crippen LogP contribution in [0.3, 0.4) is 0 Å². The topological polar surface area (TPSA) is 80.3 Å². The highest BCUT2D eigenvalue weighted by Gasteiger charge is 2.42. The Morgan fingerprint density at radius 2 is 1.79 bits per heavy atom. The van der Waals surface area contributed by atoms with Crippen molar-refractivity contribution in [1.29, 1.82) is 0 Å². The van der Waals surface area contributed by atoms with Crippen molar-refractivity contribution in [1.82, 2.24) is 15.0 Å². The van der Waals surface area contributed by atoms with Crippen LogP contribution in [0.1, 0.15) is 24.1 Å². The minimum absolute atomic E-state index is 0.203. The molecule has 2 N–H and O–H groups in total. The van der Waals surface area contributed by atoms with Gasteiger partial charge in [0.1, 0.15) is 18.0 Å². The largest absolute Gasteiger partial charge is 0.473 e. The Balaban J connectivity index is 1.90. The van der Waals surface area contributed by atoms with Gasteiger partial charge in [-0.3, -0.25) is 0 Å². The zero-order valence-corrected chi connectivity index (χ0v) is 16.5. The maximum atomic E-state index is 13.2. The van der Waals surface area contributed by atoms with Crippen LogP contribution < -0.4 is 14.8 Å². The van der Waals surface area contributed by atoms with Crippen molar-refractivity contribution in [3.63, 3.8) is 0 Å². The minimum atomic E-state index is -4.76. The lowest BCUT2D eigenvalue weighted by Gasteiger charge is -2.21. The second-order valence-electron chi connectivity index (χ2n) is 6.48. The summed E-state index contributed by atoms with van der Waals surface area (Å²) in [5, 5.41) is 3.09. The van der Waals surface area contributed by atoms with Gasteiger partial charge in [0.2, 0.25) is 15.9 Å². The fourth-order valence-corrected chi connectivity index (χ4v) is 3.16. The van der Waals surface area contributed by atoms with E-state index in [0.717, 1.165) is 6.20 Å². The number of sulfonamides is 1. The number of nitrogens with zero attached hydrogens (tertiary/aromatic N) is 1. The van der Waals surface area contributed by atoms with Gasteiger partial charge in [-0.05, 0) is 24.1 Å². The zero-order chi connectivity index (χ0) is 21.7. The number of nitrogens with one attached hydrogen (secondary N) is 2. The summed E-state index contributed by atoms with van der Waals surface area (Å²) in [7, 11) is -4.04. The van der Waals surface area contributed by atoms with Crippen LogP contribution in [0, 0.1) is 5.82 Å². The molecule has 29 heavy (non-hydrogen) atoms. The molecule has 0 amide bonds. The number of rotatable bonds is 9. The van der Waals surface area contributed by atoms with Gasteiger partial charge in [-0.15, -0.1) is 0 Å². The van der Waals surface area contributed by atoms with E-state index in [2.05, 4.69) is 10.3 Å². The third kappa shape index (κ3) is 7.95. The van der Waals surface area contributed by atoms with Gasteiger partial charge in [0.15, 0.2) is 0 Å². The van der Waals surface area contributed by atoms with E-state index in [1.165, 1.54) is 36.4 Å². The summed E-state index contributed by atoms with van der Waals surface area (Å²) in [6.45, 7) is 2.56. The Labute approximate surface area is 166 Å². The van der Waals surface area contributed by atoms with Crippen molar-refractivity contribution in [3.8, 4) is 5.88 Å². The zero-order valence-electron chi connectivity index (χ0n) is 15.7. The van der Waals surface area contributed by atoms with Gasteiger partial charge in [-0.25, -0.2) is 17.8 Å². The summed E-state index contributed by atoms with van der Waals surface area (Å²) in [4.78, 5) is 3.79. The van der Waals surface area contributed by atoms with Crippen molar-refractivity contribution in [2.75, 3.05) is 12.8 Å².